The van der Waals surface area contributed by atoms with Gasteiger partial charge in [-0.15, -0.1) is 0 Å². The smallest absolute Gasteiger partial charge is 0.303 e. The molecule has 1 atom stereocenters. The Labute approximate surface area is 168 Å². The number of carboxylic acid groups (broad SMARTS) is 1. The third-order valence-corrected chi connectivity index (χ3v) is 4.44. The van der Waals surface area contributed by atoms with Crippen molar-refractivity contribution in [2.75, 3.05) is 23.3 Å². The molecule has 1 aromatic heterocycles. The number of hydrogen-bond donors (Lipinski definition) is 2. The minimum atomic E-state index is -0.796. The first-order chi connectivity index (χ1) is 13.2. The number of rotatable bonds is 10. The molecule has 2 rings (SSSR count). The molecule has 2 N–H and O–H groups in total. The highest BCUT2D eigenvalue weighted by molar-refractivity contribution is 5.75. The van der Waals surface area contributed by atoms with Crippen LogP contribution in [0.1, 0.15) is 58.2 Å². The molecule has 0 aliphatic rings. The van der Waals surface area contributed by atoms with Gasteiger partial charge in [0.15, 0.2) is 0 Å². The van der Waals surface area contributed by atoms with Crippen molar-refractivity contribution in [3.05, 3.63) is 35.7 Å². The molecule has 0 radical (unpaired) electrons. The molecular formula is C22H33N3O3. The quantitative estimate of drug-likeness (QED) is 0.566. The summed E-state index contributed by atoms with van der Waals surface area (Å²) in [4.78, 5) is 17.9. The maximum absolute atomic E-state index is 11.1. The standard InChI is InChI=1S/C22H33N3O3/c1-14(2)11-25(12-15(3)4)20-8-7-18(16(5)9-21(26)27)10-19(20)24-22-23-17(6)13-28-22/h7-8,10,13-16H,9,11-12H2,1-6H3,(H,23,24)(H,26,27). The lowest BCUT2D eigenvalue weighted by molar-refractivity contribution is -0.137. The summed E-state index contributed by atoms with van der Waals surface area (Å²) in [5, 5.41) is 12.4. The van der Waals surface area contributed by atoms with Crippen molar-refractivity contribution in [3.8, 4) is 0 Å². The van der Waals surface area contributed by atoms with Gasteiger partial charge in [-0.05, 0) is 42.4 Å². The van der Waals surface area contributed by atoms with Crippen LogP contribution in [0.25, 0.3) is 0 Å². The molecule has 6 heteroatoms. The number of carbonyl (C=O) groups is 1. The summed E-state index contributed by atoms with van der Waals surface area (Å²) in [5.74, 6) is 0.153. The van der Waals surface area contributed by atoms with Crippen LogP contribution in [0.3, 0.4) is 0 Å². The van der Waals surface area contributed by atoms with Crippen molar-refractivity contribution in [2.24, 2.45) is 11.8 Å². The van der Waals surface area contributed by atoms with Crippen LogP contribution in [0, 0.1) is 18.8 Å². The summed E-state index contributed by atoms with van der Waals surface area (Å²) in [6.07, 6.45) is 1.71. The summed E-state index contributed by atoms with van der Waals surface area (Å²) in [5.41, 5.74) is 3.74. The van der Waals surface area contributed by atoms with E-state index in [4.69, 9.17) is 9.52 Å². The first kappa shape index (κ1) is 21.8. The summed E-state index contributed by atoms with van der Waals surface area (Å²) in [6.45, 7) is 14.5. The highest BCUT2D eigenvalue weighted by atomic mass is 16.4. The van der Waals surface area contributed by atoms with Crippen LogP contribution in [0.15, 0.2) is 28.9 Å². The number of nitrogens with zero attached hydrogens (tertiary/aromatic N) is 2. The fraction of sp³-hybridized carbons (Fsp3) is 0.545. The number of aliphatic carboxylic acids is 1. The molecule has 2 aromatic rings. The van der Waals surface area contributed by atoms with Gasteiger partial charge >= 0.3 is 5.97 Å². The van der Waals surface area contributed by atoms with Gasteiger partial charge in [-0.1, -0.05) is 40.7 Å². The number of hydrogen-bond acceptors (Lipinski definition) is 5. The van der Waals surface area contributed by atoms with E-state index in [2.05, 4.69) is 49.0 Å². The summed E-state index contributed by atoms with van der Waals surface area (Å²) in [6, 6.07) is 6.57. The average Bonchev–Trinajstić information content (AvgIpc) is 2.97. The van der Waals surface area contributed by atoms with Crippen LogP contribution >= 0.6 is 0 Å². The normalized spacial score (nSPS) is 12.4. The zero-order valence-corrected chi connectivity index (χ0v) is 17.8. The number of oxazole rings is 1. The summed E-state index contributed by atoms with van der Waals surface area (Å²) < 4.78 is 5.50. The predicted molar refractivity (Wildman–Crippen MR) is 114 cm³/mol. The average molecular weight is 388 g/mol. The predicted octanol–water partition coefficient (Wildman–Crippen LogP) is 5.42. The molecule has 0 saturated heterocycles. The number of nitrogens with one attached hydrogen (secondary N) is 1. The molecule has 0 aliphatic heterocycles. The molecule has 0 bridgehead atoms. The Morgan fingerprint density at radius 2 is 1.82 bits per heavy atom. The molecule has 6 nitrogen and oxygen atoms in total. The van der Waals surface area contributed by atoms with Crippen LogP contribution in [0.4, 0.5) is 17.4 Å². The SMILES string of the molecule is Cc1coc(Nc2cc(C(C)CC(=O)O)ccc2N(CC(C)C)CC(C)C)n1. The Kier molecular flexibility index (Phi) is 7.49. The van der Waals surface area contributed by atoms with Gasteiger partial charge in [-0.2, -0.15) is 4.98 Å². The summed E-state index contributed by atoms with van der Waals surface area (Å²) in [7, 11) is 0. The second-order valence-corrected chi connectivity index (χ2v) is 8.39. The van der Waals surface area contributed by atoms with E-state index in [-0.39, 0.29) is 12.3 Å². The molecule has 0 spiro atoms. The maximum Gasteiger partial charge on any atom is 0.303 e. The van der Waals surface area contributed by atoms with Crippen LogP contribution in [0.2, 0.25) is 0 Å². The van der Waals surface area contributed by atoms with Gasteiger partial charge < -0.3 is 19.7 Å². The van der Waals surface area contributed by atoms with Crippen molar-refractivity contribution in [1.29, 1.82) is 0 Å². The molecule has 0 saturated carbocycles. The van der Waals surface area contributed by atoms with Gasteiger partial charge in [0.25, 0.3) is 6.01 Å². The van der Waals surface area contributed by atoms with Gasteiger partial charge in [0.2, 0.25) is 0 Å². The fourth-order valence-corrected chi connectivity index (χ4v) is 3.30. The second kappa shape index (κ2) is 9.62. The van der Waals surface area contributed by atoms with Gasteiger partial charge in [-0.3, -0.25) is 4.79 Å². The zero-order valence-electron chi connectivity index (χ0n) is 17.8. The lowest BCUT2D eigenvalue weighted by Crippen LogP contribution is -2.31. The third kappa shape index (κ3) is 6.29. The Bertz CT molecular complexity index is 773. The molecular weight excluding hydrogens is 354 g/mol. The molecule has 0 fully saturated rings. The van der Waals surface area contributed by atoms with Crippen LogP contribution in [-0.2, 0) is 4.79 Å². The van der Waals surface area contributed by atoms with Crippen molar-refractivity contribution in [1.82, 2.24) is 4.98 Å². The van der Waals surface area contributed by atoms with E-state index in [0.29, 0.717) is 17.9 Å². The van der Waals surface area contributed by atoms with Gasteiger partial charge in [-0.25, -0.2) is 0 Å². The zero-order chi connectivity index (χ0) is 20.8. The third-order valence-electron chi connectivity index (χ3n) is 4.44. The molecule has 0 aliphatic carbocycles. The number of benzene rings is 1. The van der Waals surface area contributed by atoms with Crippen molar-refractivity contribution >= 4 is 23.4 Å². The van der Waals surface area contributed by atoms with E-state index in [1.165, 1.54) is 0 Å². The molecule has 1 aromatic carbocycles. The van der Waals surface area contributed by atoms with E-state index in [1.54, 1.807) is 6.26 Å². The van der Waals surface area contributed by atoms with Gasteiger partial charge in [0, 0.05) is 13.1 Å². The van der Waals surface area contributed by atoms with Crippen molar-refractivity contribution < 1.29 is 14.3 Å². The molecule has 154 valence electrons. The fourth-order valence-electron chi connectivity index (χ4n) is 3.30. The second-order valence-electron chi connectivity index (χ2n) is 8.39. The minimum absolute atomic E-state index is 0.0814. The Hall–Kier alpha value is -2.50. The van der Waals surface area contributed by atoms with Crippen molar-refractivity contribution in [3.63, 3.8) is 0 Å². The van der Waals surface area contributed by atoms with Crippen LogP contribution in [-0.4, -0.2) is 29.1 Å². The van der Waals surface area contributed by atoms with Crippen LogP contribution in [0.5, 0.6) is 0 Å². The lowest BCUT2D eigenvalue weighted by Gasteiger charge is -2.31. The first-order valence-electron chi connectivity index (χ1n) is 9.95. The monoisotopic (exact) mass is 387 g/mol. The van der Waals surface area contributed by atoms with E-state index in [1.807, 2.05) is 26.0 Å². The Morgan fingerprint density at radius 1 is 1.18 bits per heavy atom. The minimum Gasteiger partial charge on any atom is -0.481 e. The van der Waals surface area contributed by atoms with Crippen LogP contribution < -0.4 is 10.2 Å². The molecule has 28 heavy (non-hydrogen) atoms. The largest absolute Gasteiger partial charge is 0.481 e. The number of carboxylic acids is 1. The summed E-state index contributed by atoms with van der Waals surface area (Å²) >= 11 is 0. The van der Waals surface area contributed by atoms with E-state index < -0.39 is 5.97 Å². The van der Waals surface area contributed by atoms with Gasteiger partial charge in [0.1, 0.15) is 6.26 Å². The number of aromatic nitrogens is 1. The molecule has 1 heterocycles. The first-order valence-corrected chi connectivity index (χ1v) is 9.95. The van der Waals surface area contributed by atoms with E-state index in [9.17, 15) is 4.79 Å². The van der Waals surface area contributed by atoms with E-state index >= 15 is 0 Å². The molecule has 1 unspecified atom stereocenters. The number of aryl methyl sites for hydroxylation is 1. The van der Waals surface area contributed by atoms with Crippen molar-refractivity contribution in [2.45, 2.75) is 53.9 Å². The molecule has 0 amide bonds. The number of anilines is 3. The Morgan fingerprint density at radius 3 is 2.32 bits per heavy atom. The topological polar surface area (TPSA) is 78.6 Å². The maximum atomic E-state index is 11.1. The lowest BCUT2D eigenvalue weighted by atomic mass is 9.96. The Balaban J connectivity index is 2.44. The highest BCUT2D eigenvalue weighted by Crippen LogP contribution is 2.34. The van der Waals surface area contributed by atoms with E-state index in [0.717, 1.165) is 35.7 Å². The highest BCUT2D eigenvalue weighted by Gasteiger charge is 2.18. The van der Waals surface area contributed by atoms with Gasteiger partial charge in [0.05, 0.1) is 23.5 Å².